The van der Waals surface area contributed by atoms with E-state index in [1.165, 1.54) is 0 Å². The second-order valence-corrected chi connectivity index (χ2v) is 4.42. The number of aliphatic hydroxyl groups is 1. The zero-order valence-electron chi connectivity index (χ0n) is 10.7. The van der Waals surface area contributed by atoms with Crippen molar-refractivity contribution < 1.29 is 9.84 Å². The topological polar surface area (TPSA) is 29.5 Å². The standard InChI is InChI=1S/C16H18O2/c1-12(13-7-4-3-5-8-13)16(17)14-9-6-10-15(11-14)18-2/h3-12,16-17H,1-2H3. The highest BCUT2D eigenvalue weighted by Crippen LogP contribution is 2.31. The molecule has 0 saturated carbocycles. The van der Waals surface area contributed by atoms with Crippen molar-refractivity contribution in [3.8, 4) is 5.75 Å². The molecule has 0 saturated heterocycles. The number of rotatable bonds is 4. The van der Waals surface area contributed by atoms with Crippen molar-refractivity contribution >= 4 is 0 Å². The van der Waals surface area contributed by atoms with Gasteiger partial charge in [-0.15, -0.1) is 0 Å². The minimum atomic E-state index is -0.525. The highest BCUT2D eigenvalue weighted by atomic mass is 16.5. The Labute approximate surface area is 108 Å². The minimum Gasteiger partial charge on any atom is -0.497 e. The van der Waals surface area contributed by atoms with Crippen molar-refractivity contribution in [3.63, 3.8) is 0 Å². The molecule has 2 aromatic carbocycles. The Morgan fingerprint density at radius 1 is 0.944 bits per heavy atom. The van der Waals surface area contributed by atoms with E-state index in [4.69, 9.17) is 4.74 Å². The van der Waals surface area contributed by atoms with Crippen molar-refractivity contribution in [2.45, 2.75) is 18.9 Å². The van der Waals surface area contributed by atoms with E-state index in [9.17, 15) is 5.11 Å². The zero-order valence-corrected chi connectivity index (χ0v) is 10.7. The van der Waals surface area contributed by atoms with E-state index in [0.29, 0.717) is 0 Å². The Morgan fingerprint density at radius 3 is 2.28 bits per heavy atom. The Morgan fingerprint density at radius 2 is 1.61 bits per heavy atom. The van der Waals surface area contributed by atoms with Crippen molar-refractivity contribution in [1.82, 2.24) is 0 Å². The molecule has 2 heteroatoms. The lowest BCUT2D eigenvalue weighted by atomic mass is 9.91. The summed E-state index contributed by atoms with van der Waals surface area (Å²) < 4.78 is 5.18. The number of hydrogen-bond donors (Lipinski definition) is 1. The van der Waals surface area contributed by atoms with Crippen LogP contribution in [0.25, 0.3) is 0 Å². The van der Waals surface area contributed by atoms with Gasteiger partial charge in [0.2, 0.25) is 0 Å². The highest BCUT2D eigenvalue weighted by molar-refractivity contribution is 5.32. The molecule has 2 rings (SSSR count). The van der Waals surface area contributed by atoms with E-state index in [1.54, 1.807) is 7.11 Å². The quantitative estimate of drug-likeness (QED) is 0.888. The molecular weight excluding hydrogens is 224 g/mol. The third-order valence-electron chi connectivity index (χ3n) is 3.23. The van der Waals surface area contributed by atoms with Crippen LogP contribution in [0.15, 0.2) is 54.6 Å². The Balaban J connectivity index is 2.22. The van der Waals surface area contributed by atoms with Crippen molar-refractivity contribution in [2.24, 2.45) is 0 Å². The largest absolute Gasteiger partial charge is 0.497 e. The summed E-state index contributed by atoms with van der Waals surface area (Å²) in [4.78, 5) is 0. The Kier molecular flexibility index (Phi) is 4.00. The number of hydrogen-bond acceptors (Lipinski definition) is 2. The molecular formula is C16H18O2. The number of benzene rings is 2. The molecule has 94 valence electrons. The van der Waals surface area contributed by atoms with Gasteiger partial charge in [0.15, 0.2) is 0 Å². The second kappa shape index (κ2) is 5.69. The molecule has 2 aromatic rings. The van der Waals surface area contributed by atoms with Crippen LogP contribution in [0.5, 0.6) is 5.75 Å². The molecule has 2 nitrogen and oxygen atoms in total. The number of ether oxygens (including phenoxy) is 1. The molecule has 0 aliphatic heterocycles. The van der Waals surface area contributed by atoms with Crippen LogP contribution in [0.4, 0.5) is 0 Å². The van der Waals surface area contributed by atoms with E-state index in [2.05, 4.69) is 0 Å². The van der Waals surface area contributed by atoms with Gasteiger partial charge in [0.1, 0.15) is 5.75 Å². The van der Waals surface area contributed by atoms with Crippen LogP contribution >= 0.6 is 0 Å². The smallest absolute Gasteiger partial charge is 0.119 e. The predicted octanol–water partition coefficient (Wildman–Crippen LogP) is 3.53. The van der Waals surface area contributed by atoms with Gasteiger partial charge >= 0.3 is 0 Å². The monoisotopic (exact) mass is 242 g/mol. The normalized spacial score (nSPS) is 13.9. The fourth-order valence-electron chi connectivity index (χ4n) is 2.05. The van der Waals surface area contributed by atoms with Crippen molar-refractivity contribution in [3.05, 3.63) is 65.7 Å². The van der Waals surface area contributed by atoms with Gasteiger partial charge in [-0.2, -0.15) is 0 Å². The predicted molar refractivity (Wildman–Crippen MR) is 72.8 cm³/mol. The van der Waals surface area contributed by atoms with Gasteiger partial charge in [0.25, 0.3) is 0 Å². The molecule has 0 aliphatic rings. The Bertz CT molecular complexity index is 493. The van der Waals surface area contributed by atoms with Gasteiger partial charge in [-0.25, -0.2) is 0 Å². The molecule has 0 fully saturated rings. The maximum atomic E-state index is 10.4. The number of aliphatic hydroxyl groups excluding tert-OH is 1. The van der Waals surface area contributed by atoms with E-state index in [0.717, 1.165) is 16.9 Å². The summed E-state index contributed by atoms with van der Waals surface area (Å²) in [6, 6.07) is 17.6. The first-order valence-electron chi connectivity index (χ1n) is 6.09. The summed E-state index contributed by atoms with van der Waals surface area (Å²) in [6.07, 6.45) is -0.525. The number of methoxy groups -OCH3 is 1. The van der Waals surface area contributed by atoms with Gasteiger partial charge in [-0.05, 0) is 23.3 Å². The van der Waals surface area contributed by atoms with Gasteiger partial charge in [-0.3, -0.25) is 0 Å². The Hall–Kier alpha value is -1.80. The molecule has 2 unspecified atom stereocenters. The zero-order chi connectivity index (χ0) is 13.0. The summed E-state index contributed by atoms with van der Waals surface area (Å²) in [7, 11) is 1.63. The third kappa shape index (κ3) is 2.71. The second-order valence-electron chi connectivity index (χ2n) is 4.42. The van der Waals surface area contributed by atoms with E-state index in [-0.39, 0.29) is 5.92 Å². The van der Waals surface area contributed by atoms with E-state index < -0.39 is 6.10 Å². The van der Waals surface area contributed by atoms with Crippen LogP contribution < -0.4 is 4.74 Å². The lowest BCUT2D eigenvalue weighted by Crippen LogP contribution is -2.07. The summed E-state index contributed by atoms with van der Waals surface area (Å²) in [6.45, 7) is 2.03. The fraction of sp³-hybridized carbons (Fsp3) is 0.250. The molecule has 0 heterocycles. The average molecular weight is 242 g/mol. The van der Waals surface area contributed by atoms with Gasteiger partial charge in [0, 0.05) is 5.92 Å². The average Bonchev–Trinajstić information content (AvgIpc) is 2.46. The van der Waals surface area contributed by atoms with Crippen LogP contribution in [0.2, 0.25) is 0 Å². The molecule has 0 amide bonds. The highest BCUT2D eigenvalue weighted by Gasteiger charge is 2.18. The summed E-state index contributed by atoms with van der Waals surface area (Å²) in [5.41, 5.74) is 2.01. The van der Waals surface area contributed by atoms with Crippen LogP contribution in [0.1, 0.15) is 30.1 Å². The summed E-state index contributed by atoms with van der Waals surface area (Å²) in [5.74, 6) is 0.824. The molecule has 2 atom stereocenters. The third-order valence-corrected chi connectivity index (χ3v) is 3.23. The van der Waals surface area contributed by atoms with Crippen LogP contribution in [-0.4, -0.2) is 12.2 Å². The molecule has 1 N–H and O–H groups in total. The minimum absolute atomic E-state index is 0.0540. The first-order valence-corrected chi connectivity index (χ1v) is 6.09. The molecule has 0 aliphatic carbocycles. The summed E-state index contributed by atoms with van der Waals surface area (Å²) in [5, 5.41) is 10.4. The fourth-order valence-corrected chi connectivity index (χ4v) is 2.05. The molecule has 18 heavy (non-hydrogen) atoms. The first kappa shape index (κ1) is 12.7. The SMILES string of the molecule is COc1cccc(C(O)C(C)c2ccccc2)c1. The van der Waals surface area contributed by atoms with Gasteiger partial charge in [-0.1, -0.05) is 49.4 Å². The first-order chi connectivity index (χ1) is 8.72. The lowest BCUT2D eigenvalue weighted by Gasteiger charge is -2.20. The summed E-state index contributed by atoms with van der Waals surface area (Å²) >= 11 is 0. The molecule has 0 aromatic heterocycles. The molecule has 0 spiro atoms. The molecule has 0 radical (unpaired) electrons. The van der Waals surface area contributed by atoms with Gasteiger partial charge in [0.05, 0.1) is 13.2 Å². The van der Waals surface area contributed by atoms with Crippen LogP contribution in [0.3, 0.4) is 0 Å². The maximum absolute atomic E-state index is 10.4. The van der Waals surface area contributed by atoms with E-state index in [1.807, 2.05) is 61.5 Å². The van der Waals surface area contributed by atoms with Crippen molar-refractivity contribution in [2.75, 3.05) is 7.11 Å². The van der Waals surface area contributed by atoms with Gasteiger partial charge < -0.3 is 9.84 Å². The van der Waals surface area contributed by atoms with Crippen LogP contribution in [-0.2, 0) is 0 Å². The van der Waals surface area contributed by atoms with Crippen LogP contribution in [0, 0.1) is 0 Å². The molecule has 0 bridgehead atoms. The maximum Gasteiger partial charge on any atom is 0.119 e. The lowest BCUT2D eigenvalue weighted by molar-refractivity contribution is 0.151. The van der Waals surface area contributed by atoms with Crippen molar-refractivity contribution in [1.29, 1.82) is 0 Å². The van der Waals surface area contributed by atoms with E-state index >= 15 is 0 Å².